The lowest BCUT2D eigenvalue weighted by Crippen LogP contribution is -2.50. The highest BCUT2D eigenvalue weighted by Gasteiger charge is 2.22. The van der Waals surface area contributed by atoms with Gasteiger partial charge in [-0.25, -0.2) is 0 Å². The van der Waals surface area contributed by atoms with Gasteiger partial charge in [0.2, 0.25) is 17.7 Å². The summed E-state index contributed by atoms with van der Waals surface area (Å²) < 4.78 is 0. The number of nitrogens with one attached hydrogen (secondary N) is 2. The fraction of sp³-hybridized carbons (Fsp3) is 0.500. The third-order valence-corrected chi connectivity index (χ3v) is 1.66. The maximum atomic E-state index is 11.4. The van der Waals surface area contributed by atoms with Gasteiger partial charge in [0, 0.05) is 0 Å². The van der Waals surface area contributed by atoms with Crippen molar-refractivity contribution in [2.45, 2.75) is 12.5 Å². The second-order valence-electron chi connectivity index (χ2n) is 3.11. The highest BCUT2D eigenvalue weighted by molar-refractivity contribution is 5.93. The molecule has 0 fully saturated rings. The van der Waals surface area contributed by atoms with Crippen LogP contribution in [0.3, 0.4) is 0 Å². The molecule has 0 spiro atoms. The van der Waals surface area contributed by atoms with Gasteiger partial charge in [-0.05, 0) is 0 Å². The van der Waals surface area contributed by atoms with E-state index in [9.17, 15) is 19.2 Å². The molecule has 0 rings (SSSR count). The maximum Gasteiger partial charge on any atom is 0.322 e. The van der Waals surface area contributed by atoms with Gasteiger partial charge in [0.1, 0.15) is 12.6 Å². The summed E-state index contributed by atoms with van der Waals surface area (Å²) >= 11 is 0. The Labute approximate surface area is 96.5 Å². The van der Waals surface area contributed by atoms with Crippen molar-refractivity contribution in [3.8, 4) is 0 Å². The van der Waals surface area contributed by atoms with Crippen LogP contribution in [0.1, 0.15) is 6.42 Å². The molecule has 0 aromatic carbocycles. The van der Waals surface area contributed by atoms with E-state index in [1.54, 1.807) is 0 Å². The first-order valence-corrected chi connectivity index (χ1v) is 4.64. The number of hydrogen-bond donors (Lipinski definition) is 5. The Bertz CT molecular complexity index is 330. The fourth-order valence-corrected chi connectivity index (χ4v) is 0.950. The zero-order valence-electron chi connectivity index (χ0n) is 8.93. The third-order valence-electron chi connectivity index (χ3n) is 1.66. The van der Waals surface area contributed by atoms with Crippen LogP contribution in [0.4, 0.5) is 0 Å². The second kappa shape index (κ2) is 7.17. The number of primary amides is 1. The number of amides is 3. The second-order valence-corrected chi connectivity index (χ2v) is 3.11. The first-order chi connectivity index (χ1) is 7.86. The highest BCUT2D eigenvalue weighted by Crippen LogP contribution is 1.91. The van der Waals surface area contributed by atoms with Crippen molar-refractivity contribution in [1.29, 1.82) is 0 Å². The first-order valence-electron chi connectivity index (χ1n) is 4.64. The minimum Gasteiger partial charge on any atom is -0.480 e. The van der Waals surface area contributed by atoms with E-state index in [4.69, 9.17) is 16.6 Å². The largest absolute Gasteiger partial charge is 0.480 e. The predicted molar refractivity (Wildman–Crippen MR) is 55.4 cm³/mol. The van der Waals surface area contributed by atoms with E-state index < -0.39 is 42.7 Å². The Morgan fingerprint density at radius 1 is 1.24 bits per heavy atom. The Morgan fingerprint density at radius 2 is 1.82 bits per heavy atom. The predicted octanol–water partition coefficient (Wildman–Crippen LogP) is -3.49. The van der Waals surface area contributed by atoms with E-state index >= 15 is 0 Å². The average Bonchev–Trinajstić information content (AvgIpc) is 2.23. The Balaban J connectivity index is 4.44. The molecule has 0 heterocycles. The molecule has 0 aliphatic carbocycles. The van der Waals surface area contributed by atoms with Gasteiger partial charge < -0.3 is 27.2 Å². The van der Waals surface area contributed by atoms with Crippen molar-refractivity contribution < 1.29 is 24.3 Å². The number of rotatable bonds is 7. The topological polar surface area (TPSA) is 165 Å². The number of carboxylic acids is 1. The molecule has 0 bridgehead atoms. The molecule has 7 N–H and O–H groups in total. The van der Waals surface area contributed by atoms with Crippen LogP contribution < -0.4 is 22.1 Å². The molecule has 1 unspecified atom stereocenters. The van der Waals surface area contributed by atoms with E-state index in [-0.39, 0.29) is 6.54 Å². The van der Waals surface area contributed by atoms with Crippen LogP contribution in [-0.2, 0) is 19.2 Å². The normalized spacial score (nSPS) is 11.4. The molecule has 96 valence electrons. The molecular weight excluding hydrogens is 232 g/mol. The lowest BCUT2D eigenvalue weighted by atomic mass is 10.2. The standard InChI is InChI=1S/C8H14N4O5/c9-2-6(14)12-4(1-5(10)13)8(17)11-3-7(15)16/h4H,1-3,9H2,(H2,10,13)(H,11,17)(H,12,14)(H,15,16). The van der Waals surface area contributed by atoms with Crippen LogP contribution >= 0.6 is 0 Å². The summed E-state index contributed by atoms with van der Waals surface area (Å²) in [6, 6.07) is -1.22. The molecule has 0 aliphatic heterocycles. The van der Waals surface area contributed by atoms with Gasteiger partial charge in [-0.3, -0.25) is 19.2 Å². The highest BCUT2D eigenvalue weighted by atomic mass is 16.4. The van der Waals surface area contributed by atoms with Crippen LogP contribution in [0.15, 0.2) is 0 Å². The summed E-state index contributed by atoms with van der Waals surface area (Å²) in [5.74, 6) is -3.52. The van der Waals surface area contributed by atoms with Gasteiger partial charge in [-0.15, -0.1) is 0 Å². The van der Waals surface area contributed by atoms with Gasteiger partial charge in [0.25, 0.3) is 0 Å². The van der Waals surface area contributed by atoms with Crippen molar-refractivity contribution in [2.75, 3.05) is 13.1 Å². The van der Waals surface area contributed by atoms with E-state index in [2.05, 4.69) is 5.32 Å². The minimum atomic E-state index is -1.25. The van der Waals surface area contributed by atoms with Crippen LogP contribution in [0.2, 0.25) is 0 Å². The van der Waals surface area contributed by atoms with Crippen molar-refractivity contribution >= 4 is 23.7 Å². The fourth-order valence-electron chi connectivity index (χ4n) is 0.950. The molecule has 0 aromatic heterocycles. The molecule has 1 atom stereocenters. The molecular formula is C8H14N4O5. The van der Waals surface area contributed by atoms with E-state index in [1.165, 1.54) is 0 Å². The molecule has 0 aliphatic rings. The third kappa shape index (κ3) is 6.84. The average molecular weight is 246 g/mol. The van der Waals surface area contributed by atoms with Crippen molar-refractivity contribution in [2.24, 2.45) is 11.5 Å². The van der Waals surface area contributed by atoms with E-state index in [0.29, 0.717) is 0 Å². The molecule has 0 saturated heterocycles. The summed E-state index contributed by atoms with van der Waals surface area (Å²) in [5, 5.41) is 12.5. The zero-order valence-corrected chi connectivity index (χ0v) is 8.93. The lowest BCUT2D eigenvalue weighted by molar-refractivity contribution is -0.138. The summed E-state index contributed by atoms with van der Waals surface area (Å²) in [6.45, 7) is -0.978. The van der Waals surface area contributed by atoms with Crippen LogP contribution in [0, 0.1) is 0 Å². The van der Waals surface area contributed by atoms with Crippen LogP contribution in [0.25, 0.3) is 0 Å². The molecule has 9 nitrogen and oxygen atoms in total. The number of nitrogens with two attached hydrogens (primary N) is 2. The summed E-state index contributed by atoms with van der Waals surface area (Å²) in [4.78, 5) is 43.2. The molecule has 0 saturated carbocycles. The van der Waals surface area contributed by atoms with Gasteiger partial charge in [0.05, 0.1) is 13.0 Å². The molecule has 0 radical (unpaired) electrons. The molecule has 17 heavy (non-hydrogen) atoms. The van der Waals surface area contributed by atoms with Gasteiger partial charge in [0.15, 0.2) is 0 Å². The summed E-state index contributed by atoms with van der Waals surface area (Å²) in [6.07, 6.45) is -0.433. The van der Waals surface area contributed by atoms with Crippen molar-refractivity contribution in [1.82, 2.24) is 10.6 Å². The van der Waals surface area contributed by atoms with Crippen molar-refractivity contribution in [3.05, 3.63) is 0 Å². The first kappa shape index (κ1) is 14.8. The molecule has 3 amide bonds. The minimum absolute atomic E-state index is 0.360. The van der Waals surface area contributed by atoms with Gasteiger partial charge >= 0.3 is 5.97 Å². The van der Waals surface area contributed by atoms with Gasteiger partial charge in [-0.2, -0.15) is 0 Å². The van der Waals surface area contributed by atoms with Crippen molar-refractivity contribution in [3.63, 3.8) is 0 Å². The van der Waals surface area contributed by atoms with Crippen LogP contribution in [0.5, 0.6) is 0 Å². The lowest BCUT2D eigenvalue weighted by Gasteiger charge is -2.15. The smallest absolute Gasteiger partial charge is 0.322 e. The summed E-state index contributed by atoms with van der Waals surface area (Å²) in [7, 11) is 0. The van der Waals surface area contributed by atoms with Gasteiger partial charge in [-0.1, -0.05) is 0 Å². The number of hydrogen-bond acceptors (Lipinski definition) is 5. The Kier molecular flexibility index (Phi) is 6.26. The molecule has 9 heteroatoms. The monoisotopic (exact) mass is 246 g/mol. The summed E-state index contributed by atoms with van der Waals surface area (Å²) in [5.41, 5.74) is 9.91. The van der Waals surface area contributed by atoms with E-state index in [1.807, 2.05) is 5.32 Å². The maximum absolute atomic E-state index is 11.4. The zero-order chi connectivity index (χ0) is 13.4. The Morgan fingerprint density at radius 3 is 2.24 bits per heavy atom. The molecule has 0 aromatic rings. The van der Waals surface area contributed by atoms with Crippen LogP contribution in [-0.4, -0.2) is 47.9 Å². The Hall–Kier alpha value is -2.16. The van der Waals surface area contributed by atoms with E-state index in [0.717, 1.165) is 0 Å². The number of carboxylic acid groups (broad SMARTS) is 1. The number of aliphatic carboxylic acids is 1. The number of carbonyl (C=O) groups is 4. The number of carbonyl (C=O) groups excluding carboxylic acids is 3. The SMILES string of the molecule is NCC(=O)NC(CC(N)=O)C(=O)NCC(=O)O. The quantitative estimate of drug-likeness (QED) is 0.312.